The van der Waals surface area contributed by atoms with E-state index in [4.69, 9.17) is 9.47 Å². The number of ether oxygens (including phenoxy) is 2. The van der Waals surface area contributed by atoms with Gasteiger partial charge in [-0.15, -0.1) is 0 Å². The number of carbonyl (C=O) groups excluding carboxylic acids is 2. The van der Waals surface area contributed by atoms with Crippen LogP contribution in [0.3, 0.4) is 0 Å². The Hall–Kier alpha value is -3.23. The molecule has 2 saturated heterocycles. The van der Waals surface area contributed by atoms with Gasteiger partial charge in [-0.25, -0.2) is 4.39 Å². The zero-order valence-corrected chi connectivity index (χ0v) is 18.5. The van der Waals surface area contributed by atoms with Crippen molar-refractivity contribution in [3.8, 4) is 5.75 Å². The molecule has 1 amide bonds. The van der Waals surface area contributed by atoms with Crippen LogP contribution in [0.15, 0.2) is 54.1 Å². The number of aliphatic hydroxyl groups excluding tert-OH is 1. The molecule has 2 aromatic rings. The van der Waals surface area contributed by atoms with Crippen molar-refractivity contribution in [2.24, 2.45) is 0 Å². The maximum Gasteiger partial charge on any atom is 0.295 e. The fourth-order valence-electron chi connectivity index (χ4n) is 4.35. The molecule has 1 atom stereocenters. The van der Waals surface area contributed by atoms with E-state index in [1.165, 1.54) is 18.1 Å². The van der Waals surface area contributed by atoms with Gasteiger partial charge < -0.3 is 19.5 Å². The third-order valence-corrected chi connectivity index (χ3v) is 6.06. The molecule has 33 heavy (non-hydrogen) atoms. The number of hydrogen-bond donors (Lipinski definition) is 1. The van der Waals surface area contributed by atoms with Crippen LogP contribution in [0.4, 0.5) is 4.39 Å². The first-order chi connectivity index (χ1) is 16.0. The number of carbonyl (C=O) groups is 2. The molecule has 2 aliphatic rings. The Kier molecular flexibility index (Phi) is 7.05. The standard InChI is InChI=1S/C25H27FN2O5/c1-32-18-7-4-6-17(16-18)23(29)21-22(19-8-2-3-9-20(19)26)28(25(31)24(21)30)11-5-10-27-12-14-33-15-13-27/h2-4,6-9,16,22,29H,5,10-15H2,1H3/t22-/m0/s1. The van der Waals surface area contributed by atoms with Gasteiger partial charge in [0, 0.05) is 37.3 Å². The molecular weight excluding hydrogens is 427 g/mol. The molecule has 1 N–H and O–H groups in total. The molecule has 0 radical (unpaired) electrons. The highest BCUT2D eigenvalue weighted by molar-refractivity contribution is 6.46. The summed E-state index contributed by atoms with van der Waals surface area (Å²) in [6.45, 7) is 3.94. The minimum absolute atomic E-state index is 0.121. The zero-order chi connectivity index (χ0) is 23.4. The van der Waals surface area contributed by atoms with Gasteiger partial charge in [-0.3, -0.25) is 14.5 Å². The third kappa shape index (κ3) is 4.77. The number of morpholine rings is 1. The molecule has 2 aliphatic heterocycles. The van der Waals surface area contributed by atoms with Crippen LogP contribution in [0.2, 0.25) is 0 Å². The molecule has 2 fully saturated rings. The average molecular weight is 454 g/mol. The lowest BCUT2D eigenvalue weighted by atomic mass is 9.95. The van der Waals surface area contributed by atoms with Crippen LogP contribution in [0.1, 0.15) is 23.6 Å². The van der Waals surface area contributed by atoms with Crippen molar-refractivity contribution in [1.82, 2.24) is 9.80 Å². The number of amides is 1. The van der Waals surface area contributed by atoms with Crippen molar-refractivity contribution in [2.45, 2.75) is 12.5 Å². The summed E-state index contributed by atoms with van der Waals surface area (Å²) in [6.07, 6.45) is 0.608. The van der Waals surface area contributed by atoms with Crippen LogP contribution in [0.25, 0.3) is 5.76 Å². The van der Waals surface area contributed by atoms with E-state index in [2.05, 4.69) is 4.90 Å². The zero-order valence-electron chi connectivity index (χ0n) is 18.5. The van der Waals surface area contributed by atoms with E-state index in [1.54, 1.807) is 42.5 Å². The Morgan fingerprint density at radius 1 is 1.12 bits per heavy atom. The molecule has 0 aliphatic carbocycles. The van der Waals surface area contributed by atoms with Gasteiger partial charge in [0.15, 0.2) is 0 Å². The van der Waals surface area contributed by atoms with Crippen LogP contribution in [-0.2, 0) is 14.3 Å². The molecule has 0 saturated carbocycles. The lowest BCUT2D eigenvalue weighted by Crippen LogP contribution is -2.39. The number of rotatable bonds is 7. The average Bonchev–Trinajstić information content (AvgIpc) is 3.09. The van der Waals surface area contributed by atoms with E-state index in [-0.39, 0.29) is 23.4 Å². The number of ketones is 1. The second kappa shape index (κ2) is 10.1. The van der Waals surface area contributed by atoms with E-state index in [1.807, 2.05) is 0 Å². The highest BCUT2D eigenvalue weighted by atomic mass is 19.1. The van der Waals surface area contributed by atoms with Crippen LogP contribution in [0, 0.1) is 5.82 Å². The lowest BCUT2D eigenvalue weighted by Gasteiger charge is -2.29. The normalized spacial score (nSPS) is 20.9. The quantitative estimate of drug-likeness (QED) is 0.394. The van der Waals surface area contributed by atoms with Gasteiger partial charge in [0.2, 0.25) is 0 Å². The van der Waals surface area contributed by atoms with Crippen molar-refractivity contribution in [3.05, 3.63) is 71.0 Å². The molecule has 7 nitrogen and oxygen atoms in total. The lowest BCUT2D eigenvalue weighted by molar-refractivity contribution is -0.140. The molecule has 0 aromatic heterocycles. The first kappa shape index (κ1) is 22.9. The molecule has 0 spiro atoms. The SMILES string of the molecule is COc1cccc(C(O)=C2C(=O)C(=O)N(CCCN3CCOCC3)[C@H]2c2ccccc2F)c1. The summed E-state index contributed by atoms with van der Waals surface area (Å²) in [5.74, 6) is -1.97. The smallest absolute Gasteiger partial charge is 0.295 e. The molecule has 2 aromatic carbocycles. The van der Waals surface area contributed by atoms with E-state index < -0.39 is 23.5 Å². The summed E-state index contributed by atoms with van der Waals surface area (Å²) < 4.78 is 25.4. The predicted molar refractivity (Wildman–Crippen MR) is 120 cm³/mol. The minimum Gasteiger partial charge on any atom is -0.507 e. The van der Waals surface area contributed by atoms with Gasteiger partial charge in [0.1, 0.15) is 17.3 Å². The first-order valence-electron chi connectivity index (χ1n) is 11.0. The second-order valence-electron chi connectivity index (χ2n) is 8.05. The Bertz CT molecular complexity index is 1060. The highest BCUT2D eigenvalue weighted by Crippen LogP contribution is 2.40. The highest BCUT2D eigenvalue weighted by Gasteiger charge is 2.46. The van der Waals surface area contributed by atoms with Crippen LogP contribution < -0.4 is 4.74 Å². The Labute approximate surface area is 192 Å². The van der Waals surface area contributed by atoms with Gasteiger partial charge in [-0.05, 0) is 24.6 Å². The van der Waals surface area contributed by atoms with Crippen molar-refractivity contribution in [2.75, 3.05) is 46.5 Å². The van der Waals surface area contributed by atoms with Gasteiger partial charge in [0.25, 0.3) is 11.7 Å². The number of halogens is 1. The summed E-state index contributed by atoms with van der Waals surface area (Å²) in [4.78, 5) is 29.7. The molecule has 174 valence electrons. The molecule has 4 rings (SSSR count). The number of benzene rings is 2. The molecular formula is C25H27FN2O5. The fourth-order valence-corrected chi connectivity index (χ4v) is 4.35. The van der Waals surface area contributed by atoms with E-state index in [0.717, 1.165) is 19.6 Å². The van der Waals surface area contributed by atoms with Gasteiger partial charge in [0.05, 0.1) is 31.9 Å². The summed E-state index contributed by atoms with van der Waals surface area (Å²) >= 11 is 0. The van der Waals surface area contributed by atoms with E-state index >= 15 is 0 Å². The van der Waals surface area contributed by atoms with Crippen molar-refractivity contribution < 1.29 is 28.6 Å². The van der Waals surface area contributed by atoms with Crippen LogP contribution >= 0.6 is 0 Å². The summed E-state index contributed by atoms with van der Waals surface area (Å²) in [7, 11) is 1.49. The maximum atomic E-state index is 14.8. The maximum absolute atomic E-state index is 14.8. The summed E-state index contributed by atoms with van der Waals surface area (Å²) in [5, 5.41) is 11.1. The van der Waals surface area contributed by atoms with Gasteiger partial charge in [-0.1, -0.05) is 30.3 Å². The number of nitrogens with zero attached hydrogens (tertiary/aromatic N) is 2. The largest absolute Gasteiger partial charge is 0.507 e. The first-order valence-corrected chi connectivity index (χ1v) is 11.0. The van der Waals surface area contributed by atoms with E-state index in [9.17, 15) is 19.1 Å². The Balaban J connectivity index is 1.69. The van der Waals surface area contributed by atoms with Crippen molar-refractivity contribution in [3.63, 3.8) is 0 Å². The Morgan fingerprint density at radius 3 is 2.61 bits per heavy atom. The molecule has 2 heterocycles. The number of hydrogen-bond acceptors (Lipinski definition) is 6. The molecule has 0 unspecified atom stereocenters. The van der Waals surface area contributed by atoms with Crippen molar-refractivity contribution in [1.29, 1.82) is 0 Å². The molecule has 0 bridgehead atoms. The monoisotopic (exact) mass is 454 g/mol. The summed E-state index contributed by atoms with van der Waals surface area (Å²) in [5.41, 5.74) is 0.374. The van der Waals surface area contributed by atoms with Crippen molar-refractivity contribution >= 4 is 17.4 Å². The number of likely N-dealkylation sites (tertiary alicyclic amines) is 1. The van der Waals surface area contributed by atoms with Gasteiger partial charge in [-0.2, -0.15) is 0 Å². The van der Waals surface area contributed by atoms with Crippen LogP contribution in [-0.4, -0.2) is 73.1 Å². The fraction of sp³-hybridized carbons (Fsp3) is 0.360. The number of Topliss-reactive ketones (excluding diaryl/α,β-unsaturated/α-hetero) is 1. The predicted octanol–water partition coefficient (Wildman–Crippen LogP) is 2.98. The van der Waals surface area contributed by atoms with Gasteiger partial charge >= 0.3 is 0 Å². The second-order valence-corrected chi connectivity index (χ2v) is 8.05. The number of methoxy groups -OCH3 is 1. The number of aliphatic hydroxyl groups is 1. The van der Waals surface area contributed by atoms with Crippen LogP contribution in [0.5, 0.6) is 5.75 Å². The summed E-state index contributed by atoms with van der Waals surface area (Å²) in [6, 6.07) is 11.6. The molecule has 8 heteroatoms. The third-order valence-electron chi connectivity index (χ3n) is 6.06. The Morgan fingerprint density at radius 2 is 1.88 bits per heavy atom. The minimum atomic E-state index is -1.01. The van der Waals surface area contributed by atoms with E-state index in [0.29, 0.717) is 30.9 Å². The topological polar surface area (TPSA) is 79.3 Å².